The third kappa shape index (κ3) is 5.02. The summed E-state index contributed by atoms with van der Waals surface area (Å²) in [6.07, 6.45) is 5.22. The molecule has 2 aromatic carbocycles. The molecule has 134 valence electrons. The Morgan fingerprint density at radius 3 is 2.38 bits per heavy atom. The van der Waals surface area contributed by atoms with Crippen molar-refractivity contribution < 1.29 is 0 Å². The lowest BCUT2D eigenvalue weighted by atomic mass is 10.2. The van der Waals surface area contributed by atoms with E-state index in [9.17, 15) is 0 Å². The van der Waals surface area contributed by atoms with Gasteiger partial charge < -0.3 is 10.2 Å². The predicted molar refractivity (Wildman–Crippen MR) is 107 cm³/mol. The first-order chi connectivity index (χ1) is 12.9. The van der Waals surface area contributed by atoms with Gasteiger partial charge in [0.25, 0.3) is 0 Å². The Bertz CT molecular complexity index is 777. The van der Waals surface area contributed by atoms with Crippen LogP contribution in [0.3, 0.4) is 0 Å². The maximum Gasteiger partial charge on any atom is 0.244 e. The highest BCUT2D eigenvalue weighted by Gasteiger charge is 2.13. The summed E-state index contributed by atoms with van der Waals surface area (Å²) in [7, 11) is 0. The summed E-state index contributed by atoms with van der Waals surface area (Å²) in [5.74, 6) is 1.36. The van der Waals surface area contributed by atoms with Crippen molar-refractivity contribution in [3.63, 3.8) is 0 Å². The van der Waals surface area contributed by atoms with Gasteiger partial charge in [-0.05, 0) is 24.1 Å². The van der Waals surface area contributed by atoms with Crippen molar-refractivity contribution in [3.05, 3.63) is 72.4 Å². The summed E-state index contributed by atoms with van der Waals surface area (Å²) in [6.45, 7) is 3.78. The van der Waals surface area contributed by atoms with Crippen molar-refractivity contribution in [2.75, 3.05) is 16.8 Å². The molecular weight excluding hydrogens is 322 g/mol. The number of hydrogen-bond acceptors (Lipinski definition) is 5. The van der Waals surface area contributed by atoms with Crippen LogP contribution in [0.2, 0.25) is 0 Å². The summed E-state index contributed by atoms with van der Waals surface area (Å²) < 4.78 is 0. The predicted octanol–water partition coefficient (Wildman–Crippen LogP) is 4.81. The Morgan fingerprint density at radius 2 is 1.65 bits per heavy atom. The first kappa shape index (κ1) is 17.9. The van der Waals surface area contributed by atoms with Gasteiger partial charge in [0.05, 0.1) is 6.20 Å². The van der Waals surface area contributed by atoms with Crippen molar-refractivity contribution >= 4 is 17.5 Å². The molecule has 0 aliphatic heterocycles. The molecule has 0 aliphatic rings. The minimum absolute atomic E-state index is 0.576. The van der Waals surface area contributed by atoms with Crippen molar-refractivity contribution in [3.8, 4) is 0 Å². The van der Waals surface area contributed by atoms with Crippen LogP contribution in [-0.4, -0.2) is 21.7 Å². The molecule has 0 amide bonds. The third-order valence-electron chi connectivity index (χ3n) is 4.14. The molecule has 0 atom stereocenters. The van der Waals surface area contributed by atoms with E-state index in [4.69, 9.17) is 0 Å². The van der Waals surface area contributed by atoms with E-state index in [0.29, 0.717) is 5.95 Å². The van der Waals surface area contributed by atoms with Crippen LogP contribution in [0.4, 0.5) is 17.5 Å². The summed E-state index contributed by atoms with van der Waals surface area (Å²) >= 11 is 0. The van der Waals surface area contributed by atoms with E-state index in [0.717, 1.165) is 31.0 Å². The van der Waals surface area contributed by atoms with Crippen LogP contribution in [0.25, 0.3) is 0 Å². The van der Waals surface area contributed by atoms with Gasteiger partial charge in [-0.2, -0.15) is 10.1 Å². The van der Waals surface area contributed by atoms with Gasteiger partial charge in [0.2, 0.25) is 5.95 Å². The van der Waals surface area contributed by atoms with E-state index in [2.05, 4.69) is 68.7 Å². The fraction of sp³-hybridized carbons (Fsp3) is 0.286. The zero-order valence-corrected chi connectivity index (χ0v) is 15.2. The van der Waals surface area contributed by atoms with Crippen LogP contribution in [0, 0.1) is 0 Å². The van der Waals surface area contributed by atoms with Crippen molar-refractivity contribution in [2.45, 2.75) is 32.7 Å². The number of para-hydroxylation sites is 1. The molecule has 0 saturated heterocycles. The number of anilines is 3. The van der Waals surface area contributed by atoms with Crippen molar-refractivity contribution in [2.24, 2.45) is 0 Å². The van der Waals surface area contributed by atoms with Gasteiger partial charge in [0.1, 0.15) is 0 Å². The maximum absolute atomic E-state index is 4.68. The molecule has 0 bridgehead atoms. The van der Waals surface area contributed by atoms with E-state index >= 15 is 0 Å². The summed E-state index contributed by atoms with van der Waals surface area (Å²) in [5.41, 5.74) is 2.29. The maximum atomic E-state index is 4.68. The van der Waals surface area contributed by atoms with Crippen LogP contribution >= 0.6 is 0 Å². The molecule has 0 radical (unpaired) electrons. The fourth-order valence-corrected chi connectivity index (χ4v) is 2.75. The van der Waals surface area contributed by atoms with Crippen LogP contribution in [0.5, 0.6) is 0 Å². The molecule has 26 heavy (non-hydrogen) atoms. The van der Waals surface area contributed by atoms with Crippen LogP contribution < -0.4 is 10.2 Å². The van der Waals surface area contributed by atoms with E-state index in [-0.39, 0.29) is 0 Å². The highest BCUT2D eigenvalue weighted by atomic mass is 15.3. The van der Waals surface area contributed by atoms with Gasteiger partial charge in [0.15, 0.2) is 5.82 Å². The van der Waals surface area contributed by atoms with Gasteiger partial charge >= 0.3 is 0 Å². The lowest BCUT2D eigenvalue weighted by molar-refractivity contribution is 0.738. The Morgan fingerprint density at radius 1 is 0.923 bits per heavy atom. The van der Waals surface area contributed by atoms with Gasteiger partial charge in [-0.25, -0.2) is 0 Å². The second-order valence-electron chi connectivity index (χ2n) is 6.18. The van der Waals surface area contributed by atoms with Gasteiger partial charge in [-0.1, -0.05) is 68.3 Å². The first-order valence-electron chi connectivity index (χ1n) is 9.17. The van der Waals surface area contributed by atoms with Crippen molar-refractivity contribution in [1.82, 2.24) is 15.2 Å². The highest BCUT2D eigenvalue weighted by Crippen LogP contribution is 2.25. The SMILES string of the molecule is CCCCCNc1nncc(N(Cc2ccccc2)c2ccccc2)n1. The molecule has 0 aliphatic carbocycles. The van der Waals surface area contributed by atoms with E-state index in [1.54, 1.807) is 6.20 Å². The molecule has 3 aromatic rings. The Kier molecular flexibility index (Phi) is 6.53. The number of aromatic nitrogens is 3. The standard InChI is InChI=1S/C21H25N5/c1-2-3-10-15-22-21-24-20(16-23-25-21)26(19-13-8-5-9-14-19)17-18-11-6-4-7-12-18/h4-9,11-14,16H,2-3,10,15,17H2,1H3,(H,22,24,25). The molecular formula is C21H25N5. The summed E-state index contributed by atoms with van der Waals surface area (Å²) in [6, 6.07) is 20.6. The molecule has 1 heterocycles. The largest absolute Gasteiger partial charge is 0.353 e. The molecule has 3 rings (SSSR count). The molecule has 0 saturated carbocycles. The normalized spacial score (nSPS) is 10.5. The minimum Gasteiger partial charge on any atom is -0.353 e. The smallest absolute Gasteiger partial charge is 0.244 e. The number of unbranched alkanes of at least 4 members (excludes halogenated alkanes) is 2. The topological polar surface area (TPSA) is 53.9 Å². The lowest BCUT2D eigenvalue weighted by Gasteiger charge is -2.24. The number of nitrogens with one attached hydrogen (secondary N) is 1. The lowest BCUT2D eigenvalue weighted by Crippen LogP contribution is -2.19. The second-order valence-corrected chi connectivity index (χ2v) is 6.18. The van der Waals surface area contributed by atoms with E-state index in [1.165, 1.54) is 18.4 Å². The summed E-state index contributed by atoms with van der Waals surface area (Å²) in [4.78, 5) is 6.84. The van der Waals surface area contributed by atoms with E-state index in [1.807, 2.05) is 24.3 Å². The Labute approximate surface area is 155 Å². The number of nitrogens with zero attached hydrogens (tertiary/aromatic N) is 4. The van der Waals surface area contributed by atoms with Gasteiger partial charge in [-0.3, -0.25) is 0 Å². The number of hydrogen-bond donors (Lipinski definition) is 1. The zero-order valence-electron chi connectivity index (χ0n) is 15.2. The monoisotopic (exact) mass is 347 g/mol. The number of benzene rings is 2. The summed E-state index contributed by atoms with van der Waals surface area (Å²) in [5, 5.41) is 11.6. The highest BCUT2D eigenvalue weighted by molar-refractivity contribution is 5.60. The molecule has 1 N–H and O–H groups in total. The Hall–Kier alpha value is -2.95. The number of rotatable bonds is 9. The molecule has 5 heteroatoms. The molecule has 0 fully saturated rings. The quantitative estimate of drug-likeness (QED) is 0.563. The average molecular weight is 347 g/mol. The molecule has 1 aromatic heterocycles. The minimum atomic E-state index is 0.576. The molecule has 0 spiro atoms. The Balaban J connectivity index is 1.82. The fourth-order valence-electron chi connectivity index (χ4n) is 2.75. The van der Waals surface area contributed by atoms with Crippen molar-refractivity contribution in [1.29, 1.82) is 0 Å². The van der Waals surface area contributed by atoms with Gasteiger partial charge in [-0.15, -0.1) is 5.10 Å². The first-order valence-corrected chi connectivity index (χ1v) is 9.17. The average Bonchev–Trinajstić information content (AvgIpc) is 2.71. The van der Waals surface area contributed by atoms with Crippen LogP contribution in [-0.2, 0) is 6.54 Å². The zero-order chi connectivity index (χ0) is 18.0. The second kappa shape index (κ2) is 9.51. The van der Waals surface area contributed by atoms with Crippen LogP contribution in [0.1, 0.15) is 31.7 Å². The van der Waals surface area contributed by atoms with Gasteiger partial charge in [0, 0.05) is 18.8 Å². The third-order valence-corrected chi connectivity index (χ3v) is 4.14. The molecule has 0 unspecified atom stereocenters. The van der Waals surface area contributed by atoms with E-state index < -0.39 is 0 Å². The molecule has 5 nitrogen and oxygen atoms in total. The van der Waals surface area contributed by atoms with Crippen LogP contribution in [0.15, 0.2) is 66.9 Å².